The lowest BCUT2D eigenvalue weighted by Crippen LogP contribution is -2.55. The zero-order valence-corrected chi connectivity index (χ0v) is 12.3. The maximum Gasteiger partial charge on any atom is 0.303 e. The summed E-state index contributed by atoms with van der Waals surface area (Å²) in [6.45, 7) is 5.09. The Morgan fingerprint density at radius 2 is 1.60 bits per heavy atom. The molecule has 0 spiro atoms. The van der Waals surface area contributed by atoms with Crippen LogP contribution >= 0.6 is 0 Å². The lowest BCUT2D eigenvalue weighted by atomic mass is 9.93. The van der Waals surface area contributed by atoms with Gasteiger partial charge < -0.3 is 19.1 Å². The zero-order valence-electron chi connectivity index (χ0n) is 12.3. The molecule has 0 aromatic heterocycles. The minimum atomic E-state index is -0.605. The van der Waals surface area contributed by atoms with Crippen LogP contribution in [0.25, 0.3) is 0 Å². The van der Waals surface area contributed by atoms with Crippen LogP contribution in [0.1, 0.15) is 20.8 Å². The molecule has 0 aromatic rings. The molecular formula is C13H21NO6. The van der Waals surface area contributed by atoms with Crippen LogP contribution < -0.4 is 0 Å². The summed E-state index contributed by atoms with van der Waals surface area (Å²) in [7, 11) is 1.86. The number of nitrogens with zero attached hydrogens (tertiary/aromatic N) is 1. The molecule has 7 nitrogen and oxygen atoms in total. The molecule has 0 bridgehead atoms. The zero-order chi connectivity index (χ0) is 15.3. The molecule has 20 heavy (non-hydrogen) atoms. The molecule has 0 radical (unpaired) electrons. The summed E-state index contributed by atoms with van der Waals surface area (Å²) >= 11 is 0. The second-order valence-corrected chi connectivity index (χ2v) is 5.01. The van der Waals surface area contributed by atoms with Gasteiger partial charge in [-0.1, -0.05) is 0 Å². The second-order valence-electron chi connectivity index (χ2n) is 5.01. The molecule has 0 aromatic carbocycles. The van der Waals surface area contributed by atoms with Gasteiger partial charge in [-0.2, -0.15) is 0 Å². The number of carbonyl (C=O) groups is 3. The molecule has 1 aliphatic heterocycles. The minimum Gasteiger partial charge on any atom is -0.465 e. The molecule has 114 valence electrons. The number of rotatable bonds is 4. The molecule has 1 rings (SSSR count). The van der Waals surface area contributed by atoms with Crippen molar-refractivity contribution in [3.05, 3.63) is 0 Å². The van der Waals surface area contributed by atoms with Crippen molar-refractivity contribution < 1.29 is 28.6 Å². The van der Waals surface area contributed by atoms with Crippen LogP contribution in [0.3, 0.4) is 0 Å². The number of likely N-dealkylation sites (tertiary alicyclic amines) is 1. The Bertz CT molecular complexity index is 383. The predicted octanol–water partition coefficient (Wildman–Crippen LogP) is -0.0255. The smallest absolute Gasteiger partial charge is 0.303 e. The van der Waals surface area contributed by atoms with Crippen LogP contribution in [0, 0.1) is 5.92 Å². The van der Waals surface area contributed by atoms with Crippen molar-refractivity contribution in [2.24, 2.45) is 5.92 Å². The van der Waals surface area contributed by atoms with E-state index in [4.69, 9.17) is 14.2 Å². The van der Waals surface area contributed by atoms with Crippen LogP contribution in [0.4, 0.5) is 0 Å². The van der Waals surface area contributed by atoms with Gasteiger partial charge in [-0.05, 0) is 7.05 Å². The van der Waals surface area contributed by atoms with E-state index in [1.165, 1.54) is 20.8 Å². The van der Waals surface area contributed by atoms with E-state index in [0.29, 0.717) is 13.1 Å². The number of piperidine rings is 1. The van der Waals surface area contributed by atoms with Crippen molar-refractivity contribution in [3.8, 4) is 0 Å². The molecule has 3 atom stereocenters. The van der Waals surface area contributed by atoms with Gasteiger partial charge in [-0.25, -0.2) is 0 Å². The van der Waals surface area contributed by atoms with E-state index < -0.39 is 30.1 Å². The third-order valence-corrected chi connectivity index (χ3v) is 2.99. The third-order valence-electron chi connectivity index (χ3n) is 2.99. The lowest BCUT2D eigenvalue weighted by molar-refractivity contribution is -0.181. The molecule has 1 heterocycles. The molecular weight excluding hydrogens is 266 g/mol. The van der Waals surface area contributed by atoms with Crippen molar-refractivity contribution >= 4 is 17.9 Å². The predicted molar refractivity (Wildman–Crippen MR) is 68.7 cm³/mol. The summed E-state index contributed by atoms with van der Waals surface area (Å²) in [5.74, 6) is -1.52. The van der Waals surface area contributed by atoms with E-state index in [2.05, 4.69) is 0 Å². The van der Waals surface area contributed by atoms with Gasteiger partial charge in [0.25, 0.3) is 0 Å². The molecule has 1 saturated heterocycles. The average molecular weight is 287 g/mol. The summed E-state index contributed by atoms with van der Waals surface area (Å²) in [5, 5.41) is 0. The van der Waals surface area contributed by atoms with E-state index in [0.717, 1.165) is 0 Å². The van der Waals surface area contributed by atoms with Crippen molar-refractivity contribution in [2.45, 2.75) is 33.0 Å². The summed E-state index contributed by atoms with van der Waals surface area (Å²) in [6, 6.07) is 0. The summed E-state index contributed by atoms with van der Waals surface area (Å²) in [4.78, 5) is 35.3. The highest BCUT2D eigenvalue weighted by molar-refractivity contribution is 5.67. The van der Waals surface area contributed by atoms with Gasteiger partial charge in [0.1, 0.15) is 6.10 Å². The molecule has 0 N–H and O–H groups in total. The van der Waals surface area contributed by atoms with Gasteiger partial charge in [-0.3, -0.25) is 14.4 Å². The Kier molecular flexibility index (Phi) is 5.94. The van der Waals surface area contributed by atoms with E-state index in [1.54, 1.807) is 0 Å². The van der Waals surface area contributed by atoms with Crippen LogP contribution in [-0.2, 0) is 28.6 Å². The number of esters is 3. The highest BCUT2D eigenvalue weighted by Crippen LogP contribution is 2.23. The van der Waals surface area contributed by atoms with Gasteiger partial charge >= 0.3 is 17.9 Å². The van der Waals surface area contributed by atoms with E-state index in [9.17, 15) is 14.4 Å². The Hall–Kier alpha value is -1.63. The van der Waals surface area contributed by atoms with Gasteiger partial charge in [0, 0.05) is 39.8 Å². The number of hydrogen-bond donors (Lipinski definition) is 0. The highest BCUT2D eigenvalue weighted by atomic mass is 16.6. The Morgan fingerprint density at radius 3 is 2.10 bits per heavy atom. The normalized spacial score (nSPS) is 26.7. The van der Waals surface area contributed by atoms with Crippen LogP contribution in [0.2, 0.25) is 0 Å². The molecule has 1 aliphatic rings. The average Bonchev–Trinajstić information content (AvgIpc) is 2.28. The SMILES string of the molecule is CC(=O)OC[C@H]1CN(C)C[C@H](OC(C)=O)[C@@H]1OC(C)=O. The first-order valence-corrected chi connectivity index (χ1v) is 6.46. The highest BCUT2D eigenvalue weighted by Gasteiger charge is 2.40. The van der Waals surface area contributed by atoms with E-state index >= 15 is 0 Å². The van der Waals surface area contributed by atoms with Crippen molar-refractivity contribution in [2.75, 3.05) is 26.7 Å². The number of carbonyl (C=O) groups excluding carboxylic acids is 3. The Morgan fingerprint density at radius 1 is 1.00 bits per heavy atom. The van der Waals surface area contributed by atoms with Gasteiger partial charge in [0.2, 0.25) is 0 Å². The Labute approximate surface area is 118 Å². The number of ether oxygens (including phenoxy) is 3. The molecule has 0 aliphatic carbocycles. The van der Waals surface area contributed by atoms with Crippen molar-refractivity contribution in [3.63, 3.8) is 0 Å². The molecule has 0 saturated carbocycles. The second kappa shape index (κ2) is 7.23. The molecule has 0 unspecified atom stereocenters. The molecule has 7 heteroatoms. The number of hydrogen-bond acceptors (Lipinski definition) is 7. The van der Waals surface area contributed by atoms with Gasteiger partial charge in [0.15, 0.2) is 6.10 Å². The first-order chi connectivity index (χ1) is 9.29. The standard InChI is InChI=1S/C13H21NO6/c1-8(15)18-7-11-5-14(4)6-12(19-9(2)16)13(11)20-10(3)17/h11-13H,5-7H2,1-4H3/t11-,12+,13-/m1/s1. The first kappa shape index (κ1) is 16.4. The molecule has 0 amide bonds. The first-order valence-electron chi connectivity index (χ1n) is 6.46. The fraction of sp³-hybridized carbons (Fsp3) is 0.769. The maximum atomic E-state index is 11.2. The van der Waals surface area contributed by atoms with Gasteiger partial charge in [0.05, 0.1) is 6.61 Å². The summed E-state index contributed by atoms with van der Waals surface area (Å²) in [5.41, 5.74) is 0. The van der Waals surface area contributed by atoms with Crippen LogP contribution in [0.5, 0.6) is 0 Å². The largest absolute Gasteiger partial charge is 0.465 e. The van der Waals surface area contributed by atoms with Crippen molar-refractivity contribution in [1.82, 2.24) is 4.90 Å². The quantitative estimate of drug-likeness (QED) is 0.530. The third kappa shape index (κ3) is 5.16. The maximum absolute atomic E-state index is 11.2. The molecule has 1 fully saturated rings. The topological polar surface area (TPSA) is 82.1 Å². The number of likely N-dealkylation sites (N-methyl/N-ethyl adjacent to an activating group) is 1. The summed E-state index contributed by atoms with van der Waals surface area (Å²) in [6.07, 6.45) is -1.16. The minimum absolute atomic E-state index is 0.120. The van der Waals surface area contributed by atoms with Crippen LogP contribution in [0.15, 0.2) is 0 Å². The van der Waals surface area contributed by atoms with E-state index in [-0.39, 0.29) is 12.5 Å². The summed E-state index contributed by atoms with van der Waals surface area (Å²) < 4.78 is 15.5. The van der Waals surface area contributed by atoms with Crippen molar-refractivity contribution in [1.29, 1.82) is 0 Å². The van der Waals surface area contributed by atoms with E-state index in [1.807, 2.05) is 11.9 Å². The fourth-order valence-electron chi connectivity index (χ4n) is 2.35. The van der Waals surface area contributed by atoms with Gasteiger partial charge in [-0.15, -0.1) is 0 Å². The Balaban J connectivity index is 2.82. The monoisotopic (exact) mass is 287 g/mol. The lowest BCUT2D eigenvalue weighted by Gasteiger charge is -2.40. The fourth-order valence-corrected chi connectivity index (χ4v) is 2.35. The van der Waals surface area contributed by atoms with Crippen LogP contribution in [-0.4, -0.2) is 61.8 Å².